The minimum absolute atomic E-state index is 0.184. The van der Waals surface area contributed by atoms with E-state index in [1.54, 1.807) is 12.1 Å². The first kappa shape index (κ1) is 14.8. The van der Waals surface area contributed by atoms with Crippen LogP contribution in [-0.2, 0) is 4.74 Å². The van der Waals surface area contributed by atoms with Crippen molar-refractivity contribution in [1.82, 2.24) is 0 Å². The van der Waals surface area contributed by atoms with Gasteiger partial charge in [0.2, 0.25) is 0 Å². The molecule has 2 rings (SSSR count). The van der Waals surface area contributed by atoms with Crippen molar-refractivity contribution in [2.45, 2.75) is 32.7 Å². The van der Waals surface area contributed by atoms with Gasteiger partial charge in [0, 0.05) is 19.2 Å². The summed E-state index contributed by atoms with van der Waals surface area (Å²) in [4.78, 5) is 13.0. The van der Waals surface area contributed by atoms with E-state index in [-0.39, 0.29) is 16.7 Å². The first-order valence-corrected chi connectivity index (χ1v) is 7.21. The molecule has 1 aliphatic heterocycles. The molecule has 0 aliphatic carbocycles. The number of para-hydroxylation sites is 2. The third-order valence-electron chi connectivity index (χ3n) is 3.88. The molecule has 1 aliphatic rings. The number of hydrogen-bond donors (Lipinski definition) is 0. The molecule has 0 spiro atoms. The Labute approximate surface area is 119 Å². The fourth-order valence-corrected chi connectivity index (χ4v) is 2.84. The fourth-order valence-electron chi connectivity index (χ4n) is 2.84. The Morgan fingerprint density at radius 2 is 2.20 bits per heavy atom. The van der Waals surface area contributed by atoms with E-state index < -0.39 is 0 Å². The van der Waals surface area contributed by atoms with Crippen LogP contribution < -0.4 is 4.90 Å². The Morgan fingerprint density at radius 3 is 2.90 bits per heavy atom. The Morgan fingerprint density at radius 1 is 1.45 bits per heavy atom. The molecule has 0 aromatic heterocycles. The highest BCUT2D eigenvalue weighted by molar-refractivity contribution is 5.63. The number of benzene rings is 1. The van der Waals surface area contributed by atoms with E-state index >= 15 is 0 Å². The topological polar surface area (TPSA) is 55.6 Å². The first-order chi connectivity index (χ1) is 9.63. The maximum Gasteiger partial charge on any atom is 0.292 e. The maximum atomic E-state index is 11.2. The molecule has 2 unspecified atom stereocenters. The summed E-state index contributed by atoms with van der Waals surface area (Å²) in [6.07, 6.45) is 2.08. The number of hydrogen-bond acceptors (Lipinski definition) is 4. The van der Waals surface area contributed by atoms with Gasteiger partial charge in [-0.3, -0.25) is 10.1 Å². The highest BCUT2D eigenvalue weighted by atomic mass is 16.6. The van der Waals surface area contributed by atoms with Crippen LogP contribution >= 0.6 is 0 Å². The van der Waals surface area contributed by atoms with Crippen LogP contribution in [0, 0.1) is 16.0 Å². The lowest BCUT2D eigenvalue weighted by atomic mass is 9.92. The molecule has 1 aromatic rings. The van der Waals surface area contributed by atoms with Gasteiger partial charge >= 0.3 is 0 Å². The van der Waals surface area contributed by atoms with E-state index in [2.05, 4.69) is 11.8 Å². The summed E-state index contributed by atoms with van der Waals surface area (Å²) in [6, 6.07) is 7.21. The molecule has 0 saturated carbocycles. The van der Waals surface area contributed by atoms with Crippen molar-refractivity contribution in [3.8, 4) is 0 Å². The van der Waals surface area contributed by atoms with Crippen molar-refractivity contribution in [3.05, 3.63) is 34.4 Å². The van der Waals surface area contributed by atoms with Crippen LogP contribution in [0.4, 0.5) is 11.4 Å². The van der Waals surface area contributed by atoms with Crippen molar-refractivity contribution in [1.29, 1.82) is 0 Å². The zero-order valence-electron chi connectivity index (χ0n) is 12.1. The van der Waals surface area contributed by atoms with Crippen LogP contribution in [0.15, 0.2) is 24.3 Å². The van der Waals surface area contributed by atoms with Crippen molar-refractivity contribution >= 4 is 11.4 Å². The number of piperidine rings is 1. The molecular weight excluding hydrogens is 256 g/mol. The Bertz CT molecular complexity index is 464. The van der Waals surface area contributed by atoms with Crippen LogP contribution in [0.5, 0.6) is 0 Å². The zero-order valence-corrected chi connectivity index (χ0v) is 12.1. The molecule has 5 nitrogen and oxygen atoms in total. The summed E-state index contributed by atoms with van der Waals surface area (Å²) in [5.41, 5.74) is 0.901. The number of nitro groups is 1. The SMILES string of the molecule is CCOCC1CC(C)CCN1c1ccccc1[N+](=O)[O-]. The monoisotopic (exact) mass is 278 g/mol. The second-order valence-electron chi connectivity index (χ2n) is 5.38. The van der Waals surface area contributed by atoms with Crippen LogP contribution in [-0.4, -0.2) is 30.7 Å². The average Bonchev–Trinajstić information content (AvgIpc) is 2.45. The average molecular weight is 278 g/mol. The van der Waals surface area contributed by atoms with Crippen molar-refractivity contribution in [3.63, 3.8) is 0 Å². The van der Waals surface area contributed by atoms with Crippen molar-refractivity contribution in [2.75, 3.05) is 24.7 Å². The van der Waals surface area contributed by atoms with Gasteiger partial charge in [0.15, 0.2) is 0 Å². The summed E-state index contributed by atoms with van der Waals surface area (Å²) < 4.78 is 5.56. The molecule has 1 heterocycles. The van der Waals surface area contributed by atoms with E-state index in [1.165, 1.54) is 0 Å². The second kappa shape index (κ2) is 6.70. The number of ether oxygens (including phenoxy) is 1. The van der Waals surface area contributed by atoms with Crippen LogP contribution in [0.25, 0.3) is 0 Å². The molecule has 5 heteroatoms. The highest BCUT2D eigenvalue weighted by Gasteiger charge is 2.30. The summed E-state index contributed by atoms with van der Waals surface area (Å²) in [6.45, 7) is 6.36. The normalized spacial score (nSPS) is 22.8. The summed E-state index contributed by atoms with van der Waals surface area (Å²) >= 11 is 0. The van der Waals surface area contributed by atoms with E-state index in [0.717, 1.165) is 19.4 Å². The minimum Gasteiger partial charge on any atom is -0.380 e. The quantitative estimate of drug-likeness (QED) is 0.613. The smallest absolute Gasteiger partial charge is 0.292 e. The molecule has 20 heavy (non-hydrogen) atoms. The molecule has 0 N–H and O–H groups in total. The van der Waals surface area contributed by atoms with Crippen molar-refractivity contribution < 1.29 is 9.66 Å². The Hall–Kier alpha value is -1.62. The molecule has 1 fully saturated rings. The minimum atomic E-state index is -0.300. The largest absolute Gasteiger partial charge is 0.380 e. The molecule has 0 amide bonds. The lowest BCUT2D eigenvalue weighted by Gasteiger charge is -2.39. The molecule has 1 aromatic carbocycles. The number of rotatable bonds is 5. The van der Waals surface area contributed by atoms with Crippen molar-refractivity contribution in [2.24, 2.45) is 5.92 Å². The predicted molar refractivity (Wildman–Crippen MR) is 79.1 cm³/mol. The van der Waals surface area contributed by atoms with Gasteiger partial charge in [-0.15, -0.1) is 0 Å². The second-order valence-corrected chi connectivity index (χ2v) is 5.38. The van der Waals surface area contributed by atoms with Gasteiger partial charge in [-0.25, -0.2) is 0 Å². The molecular formula is C15H22N2O3. The molecule has 1 saturated heterocycles. The Balaban J connectivity index is 2.26. The van der Waals surface area contributed by atoms with Crippen LogP contribution in [0.3, 0.4) is 0 Å². The lowest BCUT2D eigenvalue weighted by Crippen LogP contribution is -2.45. The third-order valence-corrected chi connectivity index (χ3v) is 3.88. The Kier molecular flexibility index (Phi) is 4.95. The van der Waals surface area contributed by atoms with Gasteiger partial charge < -0.3 is 9.64 Å². The predicted octanol–water partition coefficient (Wildman–Crippen LogP) is 3.24. The van der Waals surface area contributed by atoms with Gasteiger partial charge in [-0.05, 0) is 31.7 Å². The number of nitrogens with zero attached hydrogens (tertiary/aromatic N) is 2. The summed E-state index contributed by atoms with van der Waals surface area (Å²) in [7, 11) is 0. The lowest BCUT2D eigenvalue weighted by molar-refractivity contribution is -0.384. The molecule has 110 valence electrons. The van der Waals surface area contributed by atoms with Gasteiger partial charge in [-0.1, -0.05) is 19.1 Å². The van der Waals surface area contributed by atoms with Gasteiger partial charge in [0.1, 0.15) is 5.69 Å². The van der Waals surface area contributed by atoms with E-state index in [4.69, 9.17) is 4.74 Å². The summed E-state index contributed by atoms with van der Waals surface area (Å²) in [5, 5.41) is 11.2. The van der Waals surface area contributed by atoms with Crippen LogP contribution in [0.2, 0.25) is 0 Å². The first-order valence-electron chi connectivity index (χ1n) is 7.21. The van der Waals surface area contributed by atoms with E-state index in [9.17, 15) is 10.1 Å². The highest BCUT2D eigenvalue weighted by Crippen LogP contribution is 2.34. The van der Waals surface area contributed by atoms with Gasteiger partial charge in [0.25, 0.3) is 5.69 Å². The third kappa shape index (κ3) is 3.28. The molecule has 0 radical (unpaired) electrons. The standard InChI is InChI=1S/C15H22N2O3/c1-3-20-11-13-10-12(2)8-9-16(13)14-6-4-5-7-15(14)17(18)19/h4-7,12-13H,3,8-11H2,1-2H3. The van der Waals surface area contributed by atoms with E-state index in [0.29, 0.717) is 24.8 Å². The molecule has 0 bridgehead atoms. The van der Waals surface area contributed by atoms with Gasteiger partial charge in [0.05, 0.1) is 17.6 Å². The fraction of sp³-hybridized carbons (Fsp3) is 0.600. The van der Waals surface area contributed by atoms with Crippen LogP contribution in [0.1, 0.15) is 26.7 Å². The number of anilines is 1. The zero-order chi connectivity index (χ0) is 14.5. The number of nitro benzene ring substituents is 1. The maximum absolute atomic E-state index is 11.2. The molecule has 2 atom stereocenters. The summed E-state index contributed by atoms with van der Waals surface area (Å²) in [5.74, 6) is 0.638. The van der Waals surface area contributed by atoms with Gasteiger partial charge in [-0.2, -0.15) is 0 Å². The van der Waals surface area contributed by atoms with E-state index in [1.807, 2.05) is 19.1 Å².